The molecule has 21 heavy (non-hydrogen) atoms. The van der Waals surface area contributed by atoms with Crippen LogP contribution >= 0.6 is 0 Å². The van der Waals surface area contributed by atoms with Gasteiger partial charge in [0.25, 0.3) is 0 Å². The summed E-state index contributed by atoms with van der Waals surface area (Å²) >= 11 is 0. The highest BCUT2D eigenvalue weighted by Gasteiger charge is 2.03. The van der Waals surface area contributed by atoms with E-state index in [1.165, 1.54) is 12.4 Å². The largest absolute Gasteiger partial charge is 0.381 e. The first-order valence-corrected chi connectivity index (χ1v) is 6.55. The molecule has 0 spiro atoms. The summed E-state index contributed by atoms with van der Waals surface area (Å²) in [6, 6.07) is 12.7. The zero-order valence-corrected chi connectivity index (χ0v) is 11.5. The van der Waals surface area contributed by atoms with Crippen LogP contribution < -0.4 is 5.32 Å². The number of nitrogens with zero attached hydrogens (tertiary/aromatic N) is 4. The van der Waals surface area contributed by atoms with E-state index in [0.717, 1.165) is 16.9 Å². The number of nitrogens with one attached hydrogen (secondary N) is 1. The first-order valence-electron chi connectivity index (χ1n) is 6.55. The lowest BCUT2D eigenvalue weighted by molar-refractivity contribution is 0.612. The number of halogens is 1. The van der Waals surface area contributed by atoms with Gasteiger partial charge in [-0.1, -0.05) is 17.7 Å². The Bertz CT molecular complexity index is 722. The van der Waals surface area contributed by atoms with Crippen LogP contribution in [0.4, 0.5) is 10.1 Å². The Labute approximate surface area is 121 Å². The smallest absolute Gasteiger partial charge is 0.143 e. The molecule has 0 aliphatic heterocycles. The minimum absolute atomic E-state index is 0.196. The van der Waals surface area contributed by atoms with Crippen LogP contribution in [0.2, 0.25) is 0 Å². The number of hydrogen-bond acceptors (Lipinski definition) is 4. The molecule has 0 aliphatic rings. The van der Waals surface area contributed by atoms with Crippen molar-refractivity contribution in [2.75, 3.05) is 5.32 Å². The first kappa shape index (κ1) is 13.2. The molecule has 0 radical (unpaired) electrons. The predicted octanol–water partition coefficient (Wildman–Crippen LogP) is 2.72. The van der Waals surface area contributed by atoms with Gasteiger partial charge in [-0.2, -0.15) is 0 Å². The lowest BCUT2D eigenvalue weighted by Crippen LogP contribution is -2.02. The minimum Gasteiger partial charge on any atom is -0.381 e. The van der Waals surface area contributed by atoms with E-state index < -0.39 is 0 Å². The van der Waals surface area contributed by atoms with E-state index in [-0.39, 0.29) is 5.82 Å². The van der Waals surface area contributed by atoms with Gasteiger partial charge >= 0.3 is 0 Å². The molecule has 3 aromatic rings. The zero-order chi connectivity index (χ0) is 14.7. The van der Waals surface area contributed by atoms with Crippen LogP contribution in [0.15, 0.2) is 48.8 Å². The van der Waals surface area contributed by atoms with Crippen LogP contribution in [0.25, 0.3) is 5.69 Å². The van der Waals surface area contributed by atoms with Crippen molar-refractivity contribution < 1.29 is 4.39 Å². The number of benzene rings is 2. The van der Waals surface area contributed by atoms with Crippen molar-refractivity contribution in [1.29, 1.82) is 0 Å². The van der Waals surface area contributed by atoms with Crippen LogP contribution in [-0.2, 0) is 6.54 Å². The van der Waals surface area contributed by atoms with Crippen LogP contribution in [0.5, 0.6) is 0 Å². The summed E-state index contributed by atoms with van der Waals surface area (Å²) < 4.78 is 15.2. The Morgan fingerprint density at radius 3 is 2.67 bits per heavy atom. The van der Waals surface area contributed by atoms with Crippen molar-refractivity contribution in [3.8, 4) is 5.69 Å². The maximum Gasteiger partial charge on any atom is 0.143 e. The standard InChI is InChI=1S/C15H14FN5/c1-11-2-7-15(16)12(8-11)9-17-13-3-5-14(6-4-13)21-10-18-19-20-21/h2-8,10,17H,9H2,1H3. The average Bonchev–Trinajstić information content (AvgIpc) is 3.03. The van der Waals surface area contributed by atoms with E-state index >= 15 is 0 Å². The molecule has 1 aromatic heterocycles. The molecule has 0 bridgehead atoms. The predicted molar refractivity (Wildman–Crippen MR) is 77.6 cm³/mol. The van der Waals surface area contributed by atoms with Crippen molar-refractivity contribution >= 4 is 5.69 Å². The molecule has 0 unspecified atom stereocenters. The molecule has 0 atom stereocenters. The third-order valence-electron chi connectivity index (χ3n) is 3.17. The minimum atomic E-state index is -0.196. The fourth-order valence-electron chi connectivity index (χ4n) is 2.05. The van der Waals surface area contributed by atoms with E-state index in [0.29, 0.717) is 12.1 Å². The summed E-state index contributed by atoms with van der Waals surface area (Å²) in [5.41, 5.74) is 3.47. The molecule has 1 N–H and O–H groups in total. The molecule has 0 saturated carbocycles. The molecular formula is C15H14FN5. The highest BCUT2D eigenvalue weighted by molar-refractivity contribution is 5.48. The van der Waals surface area contributed by atoms with Crippen molar-refractivity contribution in [3.05, 3.63) is 65.7 Å². The fourth-order valence-corrected chi connectivity index (χ4v) is 2.05. The number of hydrogen-bond donors (Lipinski definition) is 1. The summed E-state index contributed by atoms with van der Waals surface area (Å²) in [6.07, 6.45) is 1.53. The third kappa shape index (κ3) is 3.05. The lowest BCUT2D eigenvalue weighted by Gasteiger charge is -2.09. The van der Waals surface area contributed by atoms with Gasteiger partial charge in [-0.25, -0.2) is 9.07 Å². The number of rotatable bonds is 4. The van der Waals surface area contributed by atoms with Gasteiger partial charge in [0.15, 0.2) is 0 Å². The van der Waals surface area contributed by atoms with Gasteiger partial charge < -0.3 is 5.32 Å². The van der Waals surface area contributed by atoms with Gasteiger partial charge in [0.2, 0.25) is 0 Å². The molecule has 1 heterocycles. The van der Waals surface area contributed by atoms with Crippen LogP contribution in [0, 0.1) is 12.7 Å². The van der Waals surface area contributed by atoms with E-state index in [2.05, 4.69) is 20.8 Å². The van der Waals surface area contributed by atoms with E-state index in [4.69, 9.17) is 0 Å². The Morgan fingerprint density at radius 2 is 1.95 bits per heavy atom. The highest BCUT2D eigenvalue weighted by Crippen LogP contribution is 2.15. The molecule has 0 fully saturated rings. The molecule has 0 aliphatic carbocycles. The molecule has 6 heteroatoms. The van der Waals surface area contributed by atoms with Crippen LogP contribution in [0.1, 0.15) is 11.1 Å². The molecular weight excluding hydrogens is 269 g/mol. The van der Waals surface area contributed by atoms with Crippen molar-refractivity contribution in [1.82, 2.24) is 20.2 Å². The number of anilines is 1. The van der Waals surface area contributed by atoms with Gasteiger partial charge in [0, 0.05) is 17.8 Å². The van der Waals surface area contributed by atoms with Crippen molar-refractivity contribution in [3.63, 3.8) is 0 Å². The van der Waals surface area contributed by atoms with Crippen molar-refractivity contribution in [2.24, 2.45) is 0 Å². The highest BCUT2D eigenvalue weighted by atomic mass is 19.1. The zero-order valence-electron chi connectivity index (χ0n) is 11.5. The Kier molecular flexibility index (Phi) is 3.59. The Morgan fingerprint density at radius 1 is 1.14 bits per heavy atom. The Balaban J connectivity index is 1.70. The third-order valence-corrected chi connectivity index (χ3v) is 3.17. The second kappa shape index (κ2) is 5.70. The van der Waals surface area contributed by atoms with E-state index in [1.807, 2.05) is 37.3 Å². The van der Waals surface area contributed by atoms with Gasteiger partial charge in [-0.15, -0.1) is 5.10 Å². The number of aryl methyl sites for hydroxylation is 1. The maximum absolute atomic E-state index is 13.7. The lowest BCUT2D eigenvalue weighted by atomic mass is 10.1. The summed E-state index contributed by atoms with van der Waals surface area (Å²) in [5.74, 6) is -0.196. The van der Waals surface area contributed by atoms with Gasteiger partial charge in [0.1, 0.15) is 12.1 Å². The van der Waals surface area contributed by atoms with Gasteiger partial charge in [-0.3, -0.25) is 0 Å². The molecule has 2 aromatic carbocycles. The maximum atomic E-state index is 13.7. The Hall–Kier alpha value is -2.76. The molecule has 3 rings (SSSR count). The number of tetrazole rings is 1. The molecule has 106 valence electrons. The van der Waals surface area contributed by atoms with E-state index in [9.17, 15) is 4.39 Å². The second-order valence-corrected chi connectivity index (χ2v) is 4.75. The topological polar surface area (TPSA) is 55.6 Å². The molecule has 0 saturated heterocycles. The molecule has 0 amide bonds. The quantitative estimate of drug-likeness (QED) is 0.800. The fraction of sp³-hybridized carbons (Fsp3) is 0.133. The summed E-state index contributed by atoms with van der Waals surface area (Å²) in [4.78, 5) is 0. The van der Waals surface area contributed by atoms with Crippen LogP contribution in [-0.4, -0.2) is 20.2 Å². The van der Waals surface area contributed by atoms with Gasteiger partial charge in [0.05, 0.1) is 5.69 Å². The summed E-state index contributed by atoms with van der Waals surface area (Å²) in [6.45, 7) is 2.39. The summed E-state index contributed by atoms with van der Waals surface area (Å²) in [5, 5.41) is 14.2. The number of aromatic nitrogens is 4. The van der Waals surface area contributed by atoms with Gasteiger partial charge in [-0.05, 0) is 47.7 Å². The summed E-state index contributed by atoms with van der Waals surface area (Å²) in [7, 11) is 0. The normalized spacial score (nSPS) is 10.6. The SMILES string of the molecule is Cc1ccc(F)c(CNc2ccc(-n3cnnn3)cc2)c1. The average molecular weight is 283 g/mol. The monoisotopic (exact) mass is 283 g/mol. The van der Waals surface area contributed by atoms with E-state index in [1.54, 1.807) is 10.7 Å². The van der Waals surface area contributed by atoms with Crippen LogP contribution in [0.3, 0.4) is 0 Å². The van der Waals surface area contributed by atoms with Crippen molar-refractivity contribution in [2.45, 2.75) is 13.5 Å². The second-order valence-electron chi connectivity index (χ2n) is 4.75. The first-order chi connectivity index (χ1) is 10.2. The molecule has 5 nitrogen and oxygen atoms in total.